The number of epoxide rings is 1. The Kier molecular flexibility index (Phi) is 2.48. The molecule has 1 aromatic carbocycles. The van der Waals surface area contributed by atoms with Gasteiger partial charge in [0, 0.05) is 12.0 Å². The van der Waals surface area contributed by atoms with E-state index in [2.05, 4.69) is 0 Å². The summed E-state index contributed by atoms with van der Waals surface area (Å²) >= 11 is 0. The molecule has 1 fully saturated rings. The number of phenolic OH excluding ortho intramolecular Hbond substituents is 1. The summed E-state index contributed by atoms with van der Waals surface area (Å²) in [5.41, 5.74) is 1.09. The van der Waals surface area contributed by atoms with Crippen molar-refractivity contribution in [3.8, 4) is 17.6 Å². The van der Waals surface area contributed by atoms with Crippen LogP contribution in [0.15, 0.2) is 12.1 Å². The van der Waals surface area contributed by atoms with E-state index in [1.807, 2.05) is 6.07 Å². The van der Waals surface area contributed by atoms with Gasteiger partial charge in [0.05, 0.1) is 31.5 Å². The maximum Gasteiger partial charge on any atom is 0.162 e. The Labute approximate surface area is 87.7 Å². The van der Waals surface area contributed by atoms with Crippen LogP contribution < -0.4 is 4.74 Å². The van der Waals surface area contributed by atoms with Gasteiger partial charge >= 0.3 is 0 Å². The molecule has 4 heteroatoms. The normalized spacial score (nSPS) is 18.3. The fourth-order valence-corrected chi connectivity index (χ4v) is 1.50. The smallest absolute Gasteiger partial charge is 0.162 e. The summed E-state index contributed by atoms with van der Waals surface area (Å²) in [5, 5.41) is 18.7. The van der Waals surface area contributed by atoms with Crippen LogP contribution in [-0.2, 0) is 11.2 Å². The van der Waals surface area contributed by atoms with E-state index in [1.54, 1.807) is 12.1 Å². The van der Waals surface area contributed by atoms with Gasteiger partial charge in [0.25, 0.3) is 0 Å². The monoisotopic (exact) mass is 205 g/mol. The van der Waals surface area contributed by atoms with Crippen LogP contribution >= 0.6 is 0 Å². The lowest BCUT2D eigenvalue weighted by atomic mass is 10.0. The van der Waals surface area contributed by atoms with E-state index in [-0.39, 0.29) is 11.9 Å². The average Bonchev–Trinajstić information content (AvgIpc) is 3.05. The topological polar surface area (TPSA) is 65.8 Å². The second kappa shape index (κ2) is 3.79. The van der Waals surface area contributed by atoms with Crippen molar-refractivity contribution >= 4 is 0 Å². The van der Waals surface area contributed by atoms with E-state index in [9.17, 15) is 5.11 Å². The highest BCUT2D eigenvalue weighted by Gasteiger charge is 2.26. The van der Waals surface area contributed by atoms with Crippen molar-refractivity contribution in [1.82, 2.24) is 0 Å². The van der Waals surface area contributed by atoms with Crippen molar-refractivity contribution in [1.29, 1.82) is 5.26 Å². The molecule has 0 aliphatic carbocycles. The van der Waals surface area contributed by atoms with Crippen LogP contribution in [0.2, 0.25) is 0 Å². The summed E-state index contributed by atoms with van der Waals surface area (Å²) in [7, 11) is 1.48. The summed E-state index contributed by atoms with van der Waals surface area (Å²) in [6, 6.07) is 5.29. The number of hydrogen-bond donors (Lipinski definition) is 1. The van der Waals surface area contributed by atoms with Crippen molar-refractivity contribution in [3.05, 3.63) is 23.3 Å². The minimum absolute atomic E-state index is 0.0482. The van der Waals surface area contributed by atoms with E-state index < -0.39 is 0 Å². The van der Waals surface area contributed by atoms with Crippen molar-refractivity contribution in [2.24, 2.45) is 0 Å². The Morgan fingerprint density at radius 3 is 2.93 bits per heavy atom. The molecule has 0 radical (unpaired) electrons. The third kappa shape index (κ3) is 1.88. The molecule has 1 N–H and O–H groups in total. The Balaban J connectivity index is 2.41. The maximum atomic E-state index is 9.85. The molecule has 4 nitrogen and oxygen atoms in total. The van der Waals surface area contributed by atoms with Gasteiger partial charge in [-0.1, -0.05) is 0 Å². The number of phenols is 1. The molecule has 1 aliphatic rings. The average molecular weight is 205 g/mol. The van der Waals surface area contributed by atoms with Crippen molar-refractivity contribution < 1.29 is 14.6 Å². The molecule has 1 atom stereocenters. The third-order valence-electron chi connectivity index (χ3n) is 2.42. The van der Waals surface area contributed by atoms with Gasteiger partial charge in [-0.15, -0.1) is 0 Å². The number of nitrogens with zero attached hydrogens (tertiary/aromatic N) is 1. The van der Waals surface area contributed by atoms with E-state index in [1.165, 1.54) is 7.11 Å². The zero-order valence-corrected chi connectivity index (χ0v) is 8.36. The zero-order chi connectivity index (χ0) is 10.8. The van der Waals surface area contributed by atoms with Crippen LogP contribution in [0.5, 0.6) is 11.5 Å². The van der Waals surface area contributed by atoms with Gasteiger partial charge < -0.3 is 14.6 Å². The molecule has 1 heterocycles. The number of nitriles is 1. The molecule has 1 aliphatic heterocycles. The number of hydrogen-bond acceptors (Lipinski definition) is 4. The third-order valence-corrected chi connectivity index (χ3v) is 2.42. The minimum atomic E-state index is 0.0482. The lowest BCUT2D eigenvalue weighted by molar-refractivity contribution is 0.366. The molecule has 0 saturated carbocycles. The van der Waals surface area contributed by atoms with Gasteiger partial charge in [-0.05, 0) is 12.1 Å². The van der Waals surface area contributed by atoms with Gasteiger partial charge in [0.15, 0.2) is 11.5 Å². The van der Waals surface area contributed by atoms with Crippen LogP contribution in [0.25, 0.3) is 0 Å². The number of methoxy groups -OCH3 is 1. The fourth-order valence-electron chi connectivity index (χ4n) is 1.50. The second-order valence-corrected chi connectivity index (χ2v) is 3.41. The first kappa shape index (κ1) is 9.81. The van der Waals surface area contributed by atoms with Gasteiger partial charge in [-0.2, -0.15) is 5.26 Å². The van der Waals surface area contributed by atoms with Crippen molar-refractivity contribution in [2.45, 2.75) is 12.5 Å². The van der Waals surface area contributed by atoms with Crippen LogP contribution in [0, 0.1) is 11.3 Å². The molecule has 78 valence electrons. The SMILES string of the molecule is COc1ccc(C#N)c(CC2CO2)c1O. The number of ether oxygens (including phenoxy) is 2. The van der Waals surface area contributed by atoms with E-state index in [0.29, 0.717) is 29.9 Å². The van der Waals surface area contributed by atoms with Gasteiger partial charge in [0.2, 0.25) is 0 Å². The molecule has 0 bridgehead atoms. The Morgan fingerprint density at radius 2 is 2.40 bits per heavy atom. The Morgan fingerprint density at radius 1 is 1.67 bits per heavy atom. The minimum Gasteiger partial charge on any atom is -0.504 e. The first-order chi connectivity index (χ1) is 7.26. The Hall–Kier alpha value is -1.73. The largest absolute Gasteiger partial charge is 0.504 e. The number of aromatic hydroxyl groups is 1. The van der Waals surface area contributed by atoms with Gasteiger partial charge in [0.1, 0.15) is 0 Å². The van der Waals surface area contributed by atoms with Crippen LogP contribution in [-0.4, -0.2) is 24.9 Å². The molecule has 15 heavy (non-hydrogen) atoms. The molecule has 2 rings (SSSR count). The van der Waals surface area contributed by atoms with Crippen LogP contribution in [0.1, 0.15) is 11.1 Å². The first-order valence-electron chi connectivity index (χ1n) is 4.66. The van der Waals surface area contributed by atoms with Crippen LogP contribution in [0.4, 0.5) is 0 Å². The number of benzene rings is 1. The van der Waals surface area contributed by atoms with Gasteiger partial charge in [-0.25, -0.2) is 0 Å². The lowest BCUT2D eigenvalue weighted by Gasteiger charge is -2.09. The summed E-state index contributed by atoms with van der Waals surface area (Å²) in [5.74, 6) is 0.441. The first-order valence-corrected chi connectivity index (χ1v) is 4.66. The number of rotatable bonds is 3. The predicted octanol–water partition coefficient (Wildman–Crippen LogP) is 1.21. The molecule has 1 unspecified atom stereocenters. The zero-order valence-electron chi connectivity index (χ0n) is 8.36. The summed E-state index contributed by atoms with van der Waals surface area (Å²) < 4.78 is 10.1. The predicted molar refractivity (Wildman–Crippen MR) is 52.8 cm³/mol. The maximum absolute atomic E-state index is 9.85. The molecule has 0 aromatic heterocycles. The van der Waals surface area contributed by atoms with Gasteiger partial charge in [-0.3, -0.25) is 0 Å². The highest BCUT2D eigenvalue weighted by molar-refractivity contribution is 5.54. The standard InChI is InChI=1S/C11H11NO3/c1-14-10-3-2-7(5-12)9(11(10)13)4-8-6-15-8/h2-3,8,13H,4,6H2,1H3. The van der Waals surface area contributed by atoms with Crippen molar-refractivity contribution in [2.75, 3.05) is 13.7 Å². The van der Waals surface area contributed by atoms with E-state index >= 15 is 0 Å². The molecular weight excluding hydrogens is 194 g/mol. The van der Waals surface area contributed by atoms with E-state index in [0.717, 1.165) is 0 Å². The highest BCUT2D eigenvalue weighted by Crippen LogP contribution is 2.34. The molecule has 1 saturated heterocycles. The highest BCUT2D eigenvalue weighted by atomic mass is 16.6. The molecule has 1 aromatic rings. The summed E-state index contributed by atoms with van der Waals surface area (Å²) in [4.78, 5) is 0. The molecule has 0 spiro atoms. The fraction of sp³-hybridized carbons (Fsp3) is 0.364. The lowest BCUT2D eigenvalue weighted by Crippen LogP contribution is -1.99. The molecular formula is C11H11NO3. The second-order valence-electron chi connectivity index (χ2n) is 3.41. The quantitative estimate of drug-likeness (QED) is 0.753. The summed E-state index contributed by atoms with van der Waals surface area (Å²) in [6.07, 6.45) is 0.696. The van der Waals surface area contributed by atoms with Crippen molar-refractivity contribution in [3.63, 3.8) is 0 Å². The Bertz CT molecular complexity index is 419. The van der Waals surface area contributed by atoms with Crippen LogP contribution in [0.3, 0.4) is 0 Å². The summed E-state index contributed by atoms with van der Waals surface area (Å²) in [6.45, 7) is 0.696. The van der Waals surface area contributed by atoms with E-state index in [4.69, 9.17) is 14.7 Å². The molecule has 0 amide bonds.